The van der Waals surface area contributed by atoms with Crippen molar-refractivity contribution in [3.8, 4) is 0 Å². The summed E-state index contributed by atoms with van der Waals surface area (Å²) in [6.07, 6.45) is -2.08. The second-order valence-electron chi connectivity index (χ2n) is 10.2. The fraction of sp³-hybridized carbons (Fsp3) is 0.462. The average Bonchev–Trinajstić information content (AvgIpc) is 3.61. The van der Waals surface area contributed by atoms with Crippen molar-refractivity contribution in [3.05, 3.63) is 53.0 Å². The van der Waals surface area contributed by atoms with Crippen LogP contribution in [0.15, 0.2) is 30.5 Å². The summed E-state index contributed by atoms with van der Waals surface area (Å²) >= 11 is 0. The number of fused-ring (bicyclic) bond motifs is 1. The Morgan fingerprint density at radius 1 is 1.16 bits per heavy atom. The molecule has 2 aliphatic rings. The molecule has 1 atom stereocenters. The van der Waals surface area contributed by atoms with Gasteiger partial charge >= 0.3 is 6.18 Å². The van der Waals surface area contributed by atoms with Crippen LogP contribution in [0.25, 0.3) is 10.9 Å². The van der Waals surface area contributed by atoms with Crippen LogP contribution in [0.5, 0.6) is 0 Å². The van der Waals surface area contributed by atoms with Crippen LogP contribution in [-0.2, 0) is 15.5 Å². The number of hydrogen-bond donors (Lipinski definition) is 1. The number of carbonyl (C=O) groups excluding carboxylic acids is 1. The highest BCUT2D eigenvalue weighted by Gasteiger charge is 2.53. The van der Waals surface area contributed by atoms with E-state index in [1.807, 2.05) is 0 Å². The van der Waals surface area contributed by atoms with Crippen LogP contribution < -0.4 is 10.8 Å². The van der Waals surface area contributed by atoms with Crippen molar-refractivity contribution in [1.29, 1.82) is 0 Å². The normalized spacial score (nSPS) is 19.3. The summed E-state index contributed by atoms with van der Waals surface area (Å²) in [4.78, 5) is 27.1. The molecule has 0 unspecified atom stereocenters. The van der Waals surface area contributed by atoms with E-state index in [0.717, 1.165) is 6.07 Å². The zero-order valence-electron chi connectivity index (χ0n) is 21.3. The van der Waals surface area contributed by atoms with Gasteiger partial charge in [0.05, 0.1) is 23.3 Å². The van der Waals surface area contributed by atoms with E-state index < -0.39 is 36.5 Å². The largest absolute Gasteiger partial charge is 0.416 e. The Balaban J connectivity index is 1.43. The number of amides is 1. The quantitative estimate of drug-likeness (QED) is 0.349. The number of anilines is 1. The maximum absolute atomic E-state index is 14.2. The highest BCUT2D eigenvalue weighted by Crippen LogP contribution is 2.48. The van der Waals surface area contributed by atoms with E-state index >= 15 is 0 Å². The van der Waals surface area contributed by atoms with Crippen molar-refractivity contribution in [2.24, 2.45) is 0 Å². The van der Waals surface area contributed by atoms with E-state index in [2.05, 4.69) is 20.3 Å². The molecule has 1 saturated carbocycles. The van der Waals surface area contributed by atoms with Crippen LogP contribution in [0.4, 0.5) is 23.4 Å². The topological polar surface area (TPSA) is 88.1 Å². The first-order valence-corrected chi connectivity index (χ1v) is 14.5. The Morgan fingerprint density at radius 3 is 2.47 bits per heavy atom. The minimum atomic E-state index is -4.46. The number of nitrogens with zero attached hydrogens (tertiary/aromatic N) is 4. The molecule has 1 aliphatic carbocycles. The molecule has 1 N–H and O–H groups in total. The zero-order chi connectivity index (χ0) is 27.5. The summed E-state index contributed by atoms with van der Waals surface area (Å²) in [5.41, 5.74) is -0.967. The molecule has 1 amide bonds. The molecule has 1 aromatic carbocycles. The summed E-state index contributed by atoms with van der Waals surface area (Å²) in [7, 11) is -2.97. The Labute approximate surface area is 217 Å². The molecule has 0 spiro atoms. The molecule has 0 radical (unpaired) electrons. The summed E-state index contributed by atoms with van der Waals surface area (Å²) in [6, 6.07) is 5.22. The van der Waals surface area contributed by atoms with Gasteiger partial charge in [-0.3, -0.25) is 9.78 Å². The number of benzene rings is 1. The number of halogens is 4. The summed E-state index contributed by atoms with van der Waals surface area (Å²) in [5.74, 6) is 0.319. The molecular formula is C26H28F4N5O2P. The van der Waals surface area contributed by atoms with Crippen LogP contribution in [-0.4, -0.2) is 56.8 Å². The minimum absolute atomic E-state index is 0.129. The molecule has 2 aromatic heterocycles. The van der Waals surface area contributed by atoms with Crippen molar-refractivity contribution in [2.45, 2.75) is 51.5 Å². The van der Waals surface area contributed by atoms with Gasteiger partial charge in [0.15, 0.2) is 5.67 Å². The standard InChI is InChI=1S/C26H28F4N5O2P/c1-15-18(5-4-6-20(15)26(28,29)30)16(2)32-23-19-13-22(31-14-21(19)33-17(3)34-23)38(37)11-9-35(10-12-38)24(36)25(27)7-8-25/h4-6,13-14,16H,7-12H2,1-3H3,(H,32,33,34)/t16-/m1/s1. The van der Waals surface area contributed by atoms with Gasteiger partial charge < -0.3 is 14.8 Å². The van der Waals surface area contributed by atoms with Crippen LogP contribution >= 0.6 is 7.14 Å². The number of aryl methyl sites for hydroxylation is 1. The van der Waals surface area contributed by atoms with E-state index in [9.17, 15) is 26.9 Å². The van der Waals surface area contributed by atoms with Gasteiger partial charge in [-0.25, -0.2) is 14.4 Å². The number of carbonyl (C=O) groups is 1. The SMILES string of the molecule is Cc1nc(N[C@H](C)c2cccc(C(F)(F)F)c2C)c2cc(P3(=O)CCN(C(=O)C4(F)CC4)CC3)ncc2n1. The number of hydrogen-bond acceptors (Lipinski definition) is 6. The van der Waals surface area contributed by atoms with Gasteiger partial charge in [0, 0.05) is 30.8 Å². The van der Waals surface area contributed by atoms with Crippen LogP contribution in [0.3, 0.4) is 0 Å². The van der Waals surface area contributed by atoms with Gasteiger partial charge in [0.1, 0.15) is 24.2 Å². The van der Waals surface area contributed by atoms with Crippen molar-refractivity contribution in [2.75, 3.05) is 30.7 Å². The Hall–Kier alpha value is -3.07. The molecule has 5 rings (SSSR count). The summed E-state index contributed by atoms with van der Waals surface area (Å²) in [5, 5.41) is 3.77. The predicted molar refractivity (Wildman–Crippen MR) is 137 cm³/mol. The van der Waals surface area contributed by atoms with Crippen LogP contribution in [0, 0.1) is 13.8 Å². The number of pyridine rings is 1. The third-order valence-electron chi connectivity index (χ3n) is 7.42. The molecule has 3 heterocycles. The van der Waals surface area contributed by atoms with Crippen molar-refractivity contribution >= 4 is 35.2 Å². The maximum Gasteiger partial charge on any atom is 0.416 e. The molecular weight excluding hydrogens is 521 g/mol. The first-order valence-electron chi connectivity index (χ1n) is 12.5. The molecule has 202 valence electrons. The van der Waals surface area contributed by atoms with Gasteiger partial charge in [-0.15, -0.1) is 0 Å². The molecule has 7 nitrogen and oxygen atoms in total. The van der Waals surface area contributed by atoms with Crippen LogP contribution in [0.1, 0.15) is 48.3 Å². The molecule has 1 aliphatic heterocycles. The Morgan fingerprint density at radius 2 is 1.84 bits per heavy atom. The smallest absolute Gasteiger partial charge is 0.363 e. The van der Waals surface area contributed by atoms with E-state index in [1.54, 1.807) is 26.0 Å². The van der Waals surface area contributed by atoms with Crippen LogP contribution in [0.2, 0.25) is 0 Å². The number of rotatable bonds is 5. The monoisotopic (exact) mass is 549 g/mol. The molecule has 2 fully saturated rings. The first-order chi connectivity index (χ1) is 17.8. The van der Waals surface area contributed by atoms with Gasteiger partial charge in [0.2, 0.25) is 0 Å². The minimum Gasteiger partial charge on any atom is -0.363 e. The number of nitrogens with one attached hydrogen (secondary N) is 1. The lowest BCUT2D eigenvalue weighted by Gasteiger charge is -2.33. The zero-order valence-corrected chi connectivity index (χ0v) is 22.2. The first kappa shape index (κ1) is 26.5. The van der Waals surface area contributed by atoms with Crippen molar-refractivity contribution in [1.82, 2.24) is 19.9 Å². The van der Waals surface area contributed by atoms with Gasteiger partial charge in [-0.05, 0) is 56.9 Å². The Bertz CT molecular complexity index is 1460. The predicted octanol–water partition coefficient (Wildman–Crippen LogP) is 5.17. The van der Waals surface area contributed by atoms with E-state index in [0.29, 0.717) is 33.5 Å². The second-order valence-corrected chi connectivity index (χ2v) is 13.3. The third kappa shape index (κ3) is 4.88. The number of aromatic nitrogens is 3. The lowest BCUT2D eigenvalue weighted by atomic mass is 9.97. The number of alkyl halides is 4. The summed E-state index contributed by atoms with van der Waals surface area (Å²) < 4.78 is 68.4. The summed E-state index contributed by atoms with van der Waals surface area (Å²) in [6.45, 7) is 5.29. The highest BCUT2D eigenvalue weighted by atomic mass is 31.2. The fourth-order valence-electron chi connectivity index (χ4n) is 5.01. The third-order valence-corrected chi connectivity index (χ3v) is 10.3. The fourth-order valence-corrected chi connectivity index (χ4v) is 7.45. The average molecular weight is 550 g/mol. The van der Waals surface area contributed by atoms with E-state index in [1.165, 1.54) is 24.1 Å². The Kier molecular flexibility index (Phi) is 6.49. The molecule has 38 heavy (non-hydrogen) atoms. The highest BCUT2D eigenvalue weighted by molar-refractivity contribution is 7.71. The lowest BCUT2D eigenvalue weighted by molar-refractivity contribution is -0.138. The van der Waals surface area contributed by atoms with E-state index in [4.69, 9.17) is 0 Å². The lowest BCUT2D eigenvalue weighted by Crippen LogP contribution is -2.45. The van der Waals surface area contributed by atoms with Gasteiger partial charge in [0.25, 0.3) is 5.91 Å². The molecule has 12 heteroatoms. The molecule has 0 bridgehead atoms. The molecule has 1 saturated heterocycles. The maximum atomic E-state index is 14.2. The second kappa shape index (κ2) is 9.29. The van der Waals surface area contributed by atoms with Crippen molar-refractivity contribution < 1.29 is 26.9 Å². The molecule has 3 aromatic rings. The van der Waals surface area contributed by atoms with Gasteiger partial charge in [-0.2, -0.15) is 13.2 Å². The van der Waals surface area contributed by atoms with Crippen molar-refractivity contribution in [3.63, 3.8) is 0 Å². The van der Waals surface area contributed by atoms with E-state index in [-0.39, 0.29) is 43.8 Å². The van der Waals surface area contributed by atoms with Gasteiger partial charge in [-0.1, -0.05) is 12.1 Å².